The minimum absolute atomic E-state index is 0.00921. The molecule has 1 aliphatic heterocycles. The summed E-state index contributed by atoms with van der Waals surface area (Å²) in [6, 6.07) is 3.22. The Labute approximate surface area is 195 Å². The number of alkyl halides is 3. The van der Waals surface area contributed by atoms with E-state index in [1.807, 2.05) is 0 Å². The average molecular weight is 493 g/mol. The Balaban J connectivity index is 1.98. The number of hydrogen-bond donors (Lipinski definition) is 1. The van der Waals surface area contributed by atoms with Crippen molar-refractivity contribution in [3.63, 3.8) is 0 Å². The molecule has 3 aromatic rings. The van der Waals surface area contributed by atoms with Gasteiger partial charge in [-0.25, -0.2) is 4.39 Å². The molecule has 0 aliphatic carbocycles. The molecule has 3 heterocycles. The lowest BCUT2D eigenvalue weighted by molar-refractivity contribution is -0.142. The summed E-state index contributed by atoms with van der Waals surface area (Å²) >= 11 is 0. The Kier molecular flexibility index (Phi) is 6.09. The van der Waals surface area contributed by atoms with Gasteiger partial charge in [0.15, 0.2) is 5.82 Å². The van der Waals surface area contributed by atoms with Crippen LogP contribution < -0.4 is 15.2 Å². The number of halogens is 4. The first-order chi connectivity index (χ1) is 16.6. The van der Waals surface area contributed by atoms with Gasteiger partial charge in [0.25, 0.3) is 5.56 Å². The minimum atomic E-state index is -5.10. The van der Waals surface area contributed by atoms with E-state index in [0.29, 0.717) is 6.07 Å². The van der Waals surface area contributed by atoms with Gasteiger partial charge in [0, 0.05) is 26.2 Å². The number of phenolic OH excluding ortho intramolecular Hbond substituents is 1. The number of hydrogen-bond acceptors (Lipinski definition) is 7. The zero-order valence-corrected chi connectivity index (χ0v) is 18.3. The summed E-state index contributed by atoms with van der Waals surface area (Å²) in [6.45, 7) is 4.32. The van der Waals surface area contributed by atoms with Gasteiger partial charge in [-0.15, -0.1) is 0 Å². The third-order valence-corrected chi connectivity index (χ3v) is 5.56. The first-order valence-electron chi connectivity index (χ1n) is 10.3. The molecular formula is C22H19F4N5O4. The second-order valence-electron chi connectivity index (χ2n) is 7.59. The van der Waals surface area contributed by atoms with Crippen molar-refractivity contribution in [2.24, 2.45) is 0 Å². The van der Waals surface area contributed by atoms with Crippen LogP contribution >= 0.6 is 0 Å². The van der Waals surface area contributed by atoms with Gasteiger partial charge < -0.3 is 19.6 Å². The van der Waals surface area contributed by atoms with Gasteiger partial charge in [-0.05, 0) is 24.3 Å². The molecule has 13 heteroatoms. The molecule has 0 atom stereocenters. The van der Waals surface area contributed by atoms with Crippen LogP contribution in [0.4, 0.5) is 23.4 Å². The van der Waals surface area contributed by atoms with Gasteiger partial charge in [-0.1, -0.05) is 12.6 Å². The van der Waals surface area contributed by atoms with E-state index in [0.717, 1.165) is 24.3 Å². The first kappa shape index (κ1) is 24.0. The molecule has 1 aromatic carbocycles. The van der Waals surface area contributed by atoms with Crippen LogP contribution in [-0.4, -0.2) is 63.7 Å². The van der Waals surface area contributed by atoms with Gasteiger partial charge in [-0.3, -0.25) is 14.2 Å². The van der Waals surface area contributed by atoms with Gasteiger partial charge in [-0.2, -0.15) is 23.1 Å². The third kappa shape index (κ3) is 4.24. The molecule has 4 rings (SSSR count). The lowest BCUT2D eigenvalue weighted by atomic mass is 10.1. The Hall–Kier alpha value is -4.16. The van der Waals surface area contributed by atoms with Crippen molar-refractivity contribution in [3.05, 3.63) is 58.8 Å². The number of carbonyl (C=O) groups is 1. The highest BCUT2D eigenvalue weighted by Gasteiger charge is 2.38. The molecule has 1 amide bonds. The maximum Gasteiger partial charge on any atom is 0.431 e. The number of pyridine rings is 1. The van der Waals surface area contributed by atoms with Crippen LogP contribution in [0, 0.1) is 5.82 Å². The lowest BCUT2D eigenvalue weighted by Crippen LogP contribution is -2.48. The van der Waals surface area contributed by atoms with Crippen molar-refractivity contribution < 1.29 is 32.2 Å². The van der Waals surface area contributed by atoms with Crippen LogP contribution in [-0.2, 0) is 11.0 Å². The van der Waals surface area contributed by atoms with Gasteiger partial charge in [0.1, 0.15) is 28.5 Å². The molecule has 2 aromatic heterocycles. The SMILES string of the molecule is C=CC(=O)N1CCN(c2nc(OC)nc3c(=O)n(-c4c(O)cccc4F)c(C(F)(F)F)cc23)CC1. The summed E-state index contributed by atoms with van der Waals surface area (Å²) in [5.41, 5.74) is -4.27. The minimum Gasteiger partial charge on any atom is -0.506 e. The molecule has 1 saturated heterocycles. The quantitative estimate of drug-likeness (QED) is 0.440. The highest BCUT2D eigenvalue weighted by molar-refractivity contribution is 5.91. The fraction of sp³-hybridized carbons (Fsp3) is 0.273. The van der Waals surface area contributed by atoms with Crippen molar-refractivity contribution in [1.82, 2.24) is 19.4 Å². The molecule has 0 unspecified atom stereocenters. The number of phenols is 1. The van der Waals surface area contributed by atoms with Gasteiger partial charge in [0.2, 0.25) is 5.91 Å². The van der Waals surface area contributed by atoms with Crippen molar-refractivity contribution in [1.29, 1.82) is 0 Å². The summed E-state index contributed by atoms with van der Waals surface area (Å²) in [5.74, 6) is -2.39. The number of anilines is 1. The highest BCUT2D eigenvalue weighted by atomic mass is 19.4. The fourth-order valence-electron chi connectivity index (χ4n) is 3.91. The van der Waals surface area contributed by atoms with E-state index >= 15 is 0 Å². The summed E-state index contributed by atoms with van der Waals surface area (Å²) in [5, 5.41) is 9.87. The van der Waals surface area contributed by atoms with Crippen LogP contribution in [0.5, 0.6) is 11.8 Å². The van der Waals surface area contributed by atoms with Crippen molar-refractivity contribution in [2.75, 3.05) is 38.2 Å². The van der Waals surface area contributed by atoms with E-state index in [1.165, 1.54) is 12.0 Å². The Morgan fingerprint density at radius 2 is 1.89 bits per heavy atom. The number of aromatic nitrogens is 3. The number of piperazine rings is 1. The number of para-hydroxylation sites is 1. The fourth-order valence-corrected chi connectivity index (χ4v) is 3.91. The molecular weight excluding hydrogens is 474 g/mol. The van der Waals surface area contributed by atoms with Crippen LogP contribution in [0.2, 0.25) is 0 Å². The molecule has 1 N–H and O–H groups in total. The molecule has 1 aliphatic rings. The molecule has 9 nitrogen and oxygen atoms in total. The molecule has 0 saturated carbocycles. The molecule has 0 bridgehead atoms. The number of methoxy groups -OCH3 is 1. The smallest absolute Gasteiger partial charge is 0.431 e. The van der Waals surface area contributed by atoms with Crippen molar-refractivity contribution in [3.8, 4) is 17.4 Å². The van der Waals surface area contributed by atoms with E-state index in [-0.39, 0.29) is 53.9 Å². The van der Waals surface area contributed by atoms with Gasteiger partial charge >= 0.3 is 12.2 Å². The zero-order valence-electron chi connectivity index (χ0n) is 18.3. The largest absolute Gasteiger partial charge is 0.506 e. The van der Waals surface area contributed by atoms with Gasteiger partial charge in [0.05, 0.1) is 12.5 Å². The van der Waals surface area contributed by atoms with Crippen LogP contribution in [0.15, 0.2) is 41.7 Å². The highest BCUT2D eigenvalue weighted by Crippen LogP contribution is 2.36. The first-order valence-corrected chi connectivity index (χ1v) is 10.3. The number of amides is 1. The predicted molar refractivity (Wildman–Crippen MR) is 117 cm³/mol. The Bertz CT molecular complexity index is 1360. The van der Waals surface area contributed by atoms with E-state index < -0.39 is 40.2 Å². The average Bonchev–Trinajstić information content (AvgIpc) is 2.83. The Morgan fingerprint density at radius 3 is 2.46 bits per heavy atom. The van der Waals surface area contributed by atoms with Crippen LogP contribution in [0.1, 0.15) is 5.69 Å². The van der Waals surface area contributed by atoms with E-state index in [9.17, 15) is 32.3 Å². The standard InChI is InChI=1S/C22H19F4N5O4/c1-3-16(33)29-7-9-30(10-8-29)19-12-11-15(22(24,25)26)31(18-13(23)5-4-6-14(18)32)20(34)17(12)27-21(28-19)35-2/h3-6,11,32H,1,7-10H2,2H3. The number of nitrogens with zero attached hydrogens (tertiary/aromatic N) is 5. The number of benzene rings is 1. The number of ether oxygens (including phenoxy) is 1. The predicted octanol–water partition coefficient (Wildman–Crippen LogP) is 2.49. The normalized spacial score (nSPS) is 14.3. The summed E-state index contributed by atoms with van der Waals surface area (Å²) < 4.78 is 62.0. The van der Waals surface area contributed by atoms with E-state index in [4.69, 9.17) is 4.74 Å². The maximum absolute atomic E-state index is 14.5. The summed E-state index contributed by atoms with van der Waals surface area (Å²) in [6.07, 6.45) is -3.94. The van der Waals surface area contributed by atoms with Crippen LogP contribution in [0.3, 0.4) is 0 Å². The second kappa shape index (κ2) is 8.89. The monoisotopic (exact) mass is 493 g/mol. The maximum atomic E-state index is 14.5. The topological polar surface area (TPSA) is 101 Å². The molecule has 184 valence electrons. The summed E-state index contributed by atoms with van der Waals surface area (Å²) in [4.78, 5) is 36.4. The molecule has 1 fully saturated rings. The number of aromatic hydroxyl groups is 1. The number of fused-ring (bicyclic) bond motifs is 1. The van der Waals surface area contributed by atoms with E-state index in [1.54, 1.807) is 4.90 Å². The third-order valence-electron chi connectivity index (χ3n) is 5.56. The van der Waals surface area contributed by atoms with Crippen molar-refractivity contribution in [2.45, 2.75) is 6.18 Å². The molecule has 0 radical (unpaired) electrons. The second-order valence-corrected chi connectivity index (χ2v) is 7.59. The number of rotatable bonds is 4. The number of carbonyl (C=O) groups excluding carboxylic acids is 1. The van der Waals surface area contributed by atoms with E-state index in [2.05, 4.69) is 16.5 Å². The molecule has 0 spiro atoms. The zero-order chi connectivity index (χ0) is 25.5. The van der Waals surface area contributed by atoms with Crippen molar-refractivity contribution >= 4 is 22.6 Å². The van der Waals surface area contributed by atoms with Crippen LogP contribution in [0.25, 0.3) is 16.6 Å². The molecule has 35 heavy (non-hydrogen) atoms. The summed E-state index contributed by atoms with van der Waals surface area (Å²) in [7, 11) is 1.22. The Morgan fingerprint density at radius 1 is 1.20 bits per heavy atom. The lowest BCUT2D eigenvalue weighted by Gasteiger charge is -2.35.